The molecule has 4 aromatic carbocycles. The molecule has 9 rings (SSSR count). The van der Waals surface area contributed by atoms with Crippen LogP contribution in [0.15, 0.2) is 105 Å². The van der Waals surface area contributed by atoms with Crippen molar-refractivity contribution in [3.05, 3.63) is 129 Å². The molecule has 55 heavy (non-hydrogen) atoms. The van der Waals surface area contributed by atoms with Crippen molar-refractivity contribution < 1.29 is 24.5 Å². The number of amides is 1. The molecule has 12 nitrogen and oxygen atoms in total. The lowest BCUT2D eigenvalue weighted by Gasteiger charge is -2.48. The second-order valence-corrected chi connectivity index (χ2v) is 14.8. The van der Waals surface area contributed by atoms with E-state index in [-0.39, 0.29) is 23.9 Å². The van der Waals surface area contributed by atoms with Crippen molar-refractivity contribution in [2.24, 2.45) is 5.92 Å². The van der Waals surface area contributed by atoms with Crippen molar-refractivity contribution in [1.82, 2.24) is 19.8 Å². The van der Waals surface area contributed by atoms with Gasteiger partial charge in [0, 0.05) is 36.7 Å². The van der Waals surface area contributed by atoms with Crippen LogP contribution in [0.4, 0.5) is 10.5 Å². The molecular weight excluding hydrogens is 699 g/mol. The highest BCUT2D eigenvalue weighted by Crippen LogP contribution is 2.39. The van der Waals surface area contributed by atoms with E-state index in [1.54, 1.807) is 21.6 Å². The van der Waals surface area contributed by atoms with Crippen molar-refractivity contribution in [1.29, 1.82) is 0 Å². The van der Waals surface area contributed by atoms with Crippen LogP contribution in [0.5, 0.6) is 5.75 Å². The first-order valence-electron chi connectivity index (χ1n) is 19.0. The Morgan fingerprint density at radius 1 is 0.945 bits per heavy atom. The van der Waals surface area contributed by atoms with Crippen LogP contribution >= 0.6 is 0 Å². The van der Waals surface area contributed by atoms with Gasteiger partial charge < -0.3 is 34.9 Å². The maximum Gasteiger partial charge on any atom is 0.419 e. The molecule has 0 spiro atoms. The molecule has 0 unspecified atom stereocenters. The van der Waals surface area contributed by atoms with E-state index in [4.69, 9.17) is 4.42 Å². The van der Waals surface area contributed by atoms with Crippen LogP contribution in [0, 0.1) is 5.92 Å². The van der Waals surface area contributed by atoms with Gasteiger partial charge in [0.1, 0.15) is 5.75 Å². The van der Waals surface area contributed by atoms with E-state index in [0.29, 0.717) is 71.5 Å². The summed E-state index contributed by atoms with van der Waals surface area (Å²) in [4.78, 5) is 44.3. The van der Waals surface area contributed by atoms with Gasteiger partial charge in [-0.05, 0) is 110 Å². The highest BCUT2D eigenvalue weighted by atomic mass is 16.4. The number of benzene rings is 4. The van der Waals surface area contributed by atoms with E-state index < -0.39 is 18.0 Å². The van der Waals surface area contributed by atoms with Crippen molar-refractivity contribution in [2.75, 3.05) is 37.6 Å². The maximum atomic E-state index is 13.0. The Balaban J connectivity index is 0.922. The van der Waals surface area contributed by atoms with Crippen LogP contribution in [0.1, 0.15) is 42.1 Å². The molecule has 5 N–H and O–H groups in total. The summed E-state index contributed by atoms with van der Waals surface area (Å²) < 4.78 is 7.31. The van der Waals surface area contributed by atoms with Crippen molar-refractivity contribution in [2.45, 2.75) is 50.8 Å². The van der Waals surface area contributed by atoms with Crippen LogP contribution in [0.2, 0.25) is 0 Å². The number of carboxylic acid groups (broad SMARTS) is 1. The zero-order valence-electron chi connectivity index (χ0n) is 30.5. The molecule has 284 valence electrons. The van der Waals surface area contributed by atoms with Gasteiger partial charge in [-0.25, -0.2) is 9.59 Å². The van der Waals surface area contributed by atoms with Gasteiger partial charge in [-0.1, -0.05) is 54.6 Å². The van der Waals surface area contributed by atoms with Crippen LogP contribution < -0.4 is 21.5 Å². The number of hydrogen-bond donors (Lipinski definition) is 5. The number of aromatic nitrogens is 2. The zero-order chi connectivity index (χ0) is 38.1. The van der Waals surface area contributed by atoms with E-state index in [0.717, 1.165) is 54.7 Å². The van der Waals surface area contributed by atoms with Gasteiger partial charge in [0.05, 0.1) is 28.9 Å². The predicted molar refractivity (Wildman–Crippen MR) is 212 cm³/mol. The summed E-state index contributed by atoms with van der Waals surface area (Å²) in [6, 6.07) is 27.8. The average Bonchev–Trinajstić information content (AvgIpc) is 3.51. The number of carbonyl (C=O) groups is 1. The SMILES string of the molecule is O=C(O)N(c1cc(CCCn2c(=O)oc3cc(CCNC[C@H](O)c4ccc(O)c5[nH]c(=O)ccc45)ccc32)ccc1-c1ccccc1)[C@H]1CN2CCC1CC2. The molecule has 12 heteroatoms. The van der Waals surface area contributed by atoms with Gasteiger partial charge in [0.2, 0.25) is 5.56 Å². The average molecular weight is 744 g/mol. The molecule has 2 aromatic heterocycles. The maximum absolute atomic E-state index is 13.0. The number of phenols is 1. The Kier molecular flexibility index (Phi) is 10.3. The fraction of sp³-hybridized carbons (Fsp3) is 0.326. The number of aliphatic hydroxyl groups is 1. The highest BCUT2D eigenvalue weighted by Gasteiger charge is 2.41. The molecule has 3 aliphatic heterocycles. The normalized spacial score (nSPS) is 18.5. The molecule has 3 fully saturated rings. The lowest BCUT2D eigenvalue weighted by atomic mass is 9.82. The van der Waals surface area contributed by atoms with Crippen LogP contribution in [0.3, 0.4) is 0 Å². The van der Waals surface area contributed by atoms with Crippen LogP contribution in [0.25, 0.3) is 33.1 Å². The van der Waals surface area contributed by atoms with Crippen molar-refractivity contribution in [3.63, 3.8) is 0 Å². The van der Waals surface area contributed by atoms with E-state index in [1.807, 2.05) is 60.7 Å². The molecule has 6 aromatic rings. The van der Waals surface area contributed by atoms with Crippen molar-refractivity contribution in [3.8, 4) is 16.9 Å². The lowest BCUT2D eigenvalue weighted by Crippen LogP contribution is -2.59. The third-order valence-electron chi connectivity index (χ3n) is 11.3. The summed E-state index contributed by atoms with van der Waals surface area (Å²) in [6.07, 6.45) is 2.17. The monoisotopic (exact) mass is 743 g/mol. The fourth-order valence-corrected chi connectivity index (χ4v) is 8.49. The summed E-state index contributed by atoms with van der Waals surface area (Å²) in [5.74, 6) is -0.138. The number of rotatable bonds is 13. The number of phenolic OH excluding ortho intramolecular Hbond substituents is 1. The molecule has 0 saturated carbocycles. The Morgan fingerprint density at radius 3 is 2.49 bits per heavy atom. The largest absolute Gasteiger partial charge is 0.506 e. The standard InChI is InChI=1S/C43H45N5O7/c49-37-14-11-32(33-12-15-40(51)45-41(33)37)38(50)25-44-19-16-28-9-13-34-39(24-28)55-43(54)47(34)20-4-5-27-8-10-31(29-6-2-1-3-7-29)35(23-27)48(42(52)53)36-26-46-21-17-30(36)18-22-46/h1-3,6-15,23-24,30,36,38,44,49-50H,4-5,16-22,25-26H2,(H,45,51)(H,52,53)/t36-,38-/m0/s1. The third kappa shape index (κ3) is 7.53. The predicted octanol–water partition coefficient (Wildman–Crippen LogP) is 5.89. The summed E-state index contributed by atoms with van der Waals surface area (Å²) in [7, 11) is 0. The van der Waals surface area contributed by atoms with E-state index in [9.17, 15) is 29.7 Å². The Bertz CT molecular complexity index is 2450. The highest BCUT2D eigenvalue weighted by molar-refractivity contribution is 5.94. The molecular formula is C43H45N5O7. The Morgan fingerprint density at radius 2 is 1.73 bits per heavy atom. The molecule has 0 radical (unpaired) electrons. The molecule has 3 aliphatic rings. The lowest BCUT2D eigenvalue weighted by molar-refractivity contribution is 0.0837. The molecule has 5 heterocycles. The first-order chi connectivity index (χ1) is 26.7. The fourth-order valence-electron chi connectivity index (χ4n) is 8.49. The van der Waals surface area contributed by atoms with Gasteiger partial charge in [-0.2, -0.15) is 0 Å². The van der Waals surface area contributed by atoms with Gasteiger partial charge >= 0.3 is 11.8 Å². The number of oxazole rings is 1. The van der Waals surface area contributed by atoms with Crippen LogP contribution in [-0.4, -0.2) is 74.6 Å². The topological polar surface area (TPSA) is 164 Å². The number of nitrogens with zero attached hydrogens (tertiary/aromatic N) is 3. The second-order valence-electron chi connectivity index (χ2n) is 14.8. The number of nitrogens with one attached hydrogen (secondary N) is 2. The van der Waals surface area contributed by atoms with E-state index in [1.165, 1.54) is 12.1 Å². The molecule has 2 bridgehead atoms. The summed E-state index contributed by atoms with van der Waals surface area (Å²) in [5, 5.41) is 35.5. The minimum Gasteiger partial charge on any atom is -0.506 e. The first kappa shape index (κ1) is 36.3. The van der Waals surface area contributed by atoms with Gasteiger partial charge in [0.25, 0.3) is 0 Å². The summed E-state index contributed by atoms with van der Waals surface area (Å²) in [5.41, 5.74) is 6.34. The first-order valence-corrected chi connectivity index (χ1v) is 19.0. The second kappa shape index (κ2) is 15.6. The summed E-state index contributed by atoms with van der Waals surface area (Å²) in [6.45, 7) is 4.07. The number of fused-ring (bicyclic) bond motifs is 5. The van der Waals surface area contributed by atoms with Crippen molar-refractivity contribution >= 4 is 33.8 Å². The number of aromatic amines is 1. The number of hydrogen-bond acceptors (Lipinski definition) is 8. The van der Waals surface area contributed by atoms with Gasteiger partial charge in [0.15, 0.2) is 5.58 Å². The summed E-state index contributed by atoms with van der Waals surface area (Å²) >= 11 is 0. The molecule has 0 aliphatic carbocycles. The number of pyridine rings is 1. The van der Waals surface area contributed by atoms with Crippen LogP contribution in [-0.2, 0) is 19.4 Å². The zero-order valence-corrected chi connectivity index (χ0v) is 30.5. The third-order valence-corrected chi connectivity index (χ3v) is 11.3. The smallest absolute Gasteiger partial charge is 0.419 e. The number of piperidine rings is 3. The quantitative estimate of drug-likeness (QED) is 0.0909. The number of H-pyrrole nitrogens is 1. The van der Waals surface area contributed by atoms with E-state index in [2.05, 4.69) is 21.3 Å². The van der Waals surface area contributed by atoms with E-state index >= 15 is 0 Å². The minimum atomic E-state index is -0.931. The number of aryl methyl sites for hydroxylation is 2. The number of aromatic hydroxyl groups is 1. The van der Waals surface area contributed by atoms with Gasteiger partial charge in [-0.3, -0.25) is 14.3 Å². The molecule has 2 atom stereocenters. The number of aliphatic hydroxyl groups excluding tert-OH is 1. The Labute approximate surface area is 317 Å². The Hall–Kier alpha value is -5.69. The minimum absolute atomic E-state index is 0.0565. The number of anilines is 1. The molecule has 1 amide bonds. The molecule has 3 saturated heterocycles. The van der Waals surface area contributed by atoms with Gasteiger partial charge in [-0.15, -0.1) is 0 Å².